The van der Waals surface area contributed by atoms with Crippen molar-refractivity contribution < 1.29 is 28.2 Å². The van der Waals surface area contributed by atoms with Crippen LogP contribution in [0.1, 0.15) is 54.3 Å². The molecule has 1 heterocycles. The van der Waals surface area contributed by atoms with Gasteiger partial charge in [0.25, 0.3) is 11.8 Å². The zero-order valence-corrected chi connectivity index (χ0v) is 22.1. The van der Waals surface area contributed by atoms with Crippen molar-refractivity contribution in [3.8, 4) is 5.75 Å². The first-order valence-corrected chi connectivity index (χ1v) is 12.6. The average Bonchev–Trinajstić information content (AvgIpc) is 2.88. The number of hydrogen-bond donors (Lipinski definition) is 1. The smallest absolute Gasteiger partial charge is 0.257 e. The fourth-order valence-corrected chi connectivity index (χ4v) is 4.38. The molecule has 0 bridgehead atoms. The molecule has 0 saturated carbocycles. The van der Waals surface area contributed by atoms with E-state index < -0.39 is 17.8 Å². The Balaban J connectivity index is 1.98. The van der Waals surface area contributed by atoms with Gasteiger partial charge in [0, 0.05) is 45.3 Å². The number of methoxy groups -OCH3 is 1. The maximum atomic E-state index is 14.5. The van der Waals surface area contributed by atoms with Gasteiger partial charge in [0.1, 0.15) is 18.2 Å². The van der Waals surface area contributed by atoms with Crippen molar-refractivity contribution in [1.29, 1.82) is 0 Å². The van der Waals surface area contributed by atoms with E-state index in [1.807, 2.05) is 20.8 Å². The van der Waals surface area contributed by atoms with Crippen LogP contribution in [-0.4, -0.2) is 73.5 Å². The molecule has 0 fully saturated rings. The molecule has 0 radical (unpaired) electrons. The van der Waals surface area contributed by atoms with Gasteiger partial charge < -0.3 is 24.6 Å². The molecule has 1 aliphatic heterocycles. The van der Waals surface area contributed by atoms with Crippen LogP contribution in [0.2, 0.25) is 0 Å². The van der Waals surface area contributed by atoms with Gasteiger partial charge in [-0.05, 0) is 43.7 Å². The maximum Gasteiger partial charge on any atom is 0.257 e. The minimum absolute atomic E-state index is 0.0113. The number of anilines is 1. The number of likely N-dealkylation sites (N-methyl/N-ethyl adjacent to an activating group) is 1. The standard InChI is InChI=1S/C28H36FN3O5/c1-6-9-26(33)30-20-12-13-24-22(14-20)27(34)31(4)16-25(36-5)18(2)15-32(19(3)17-37-24)28(35)21-10-7-8-11-23(21)29/h7-8,10-14,18-19,25H,6,9,15-17H2,1-5H3,(H,30,33)/t18-,19-,25+/m1/s1. The van der Waals surface area contributed by atoms with Crippen molar-refractivity contribution in [1.82, 2.24) is 9.80 Å². The van der Waals surface area contributed by atoms with Crippen LogP contribution in [0, 0.1) is 11.7 Å². The lowest BCUT2D eigenvalue weighted by Gasteiger charge is -2.36. The first-order valence-electron chi connectivity index (χ1n) is 12.6. The summed E-state index contributed by atoms with van der Waals surface area (Å²) in [7, 11) is 3.24. The Morgan fingerprint density at radius 3 is 2.57 bits per heavy atom. The lowest BCUT2D eigenvalue weighted by molar-refractivity contribution is -0.116. The van der Waals surface area contributed by atoms with Gasteiger partial charge in [-0.25, -0.2) is 4.39 Å². The highest BCUT2D eigenvalue weighted by molar-refractivity contribution is 5.99. The van der Waals surface area contributed by atoms with Crippen molar-refractivity contribution in [3.05, 3.63) is 59.4 Å². The van der Waals surface area contributed by atoms with Gasteiger partial charge in [0.2, 0.25) is 5.91 Å². The molecule has 200 valence electrons. The summed E-state index contributed by atoms with van der Waals surface area (Å²) in [6, 6.07) is 10.4. The number of carbonyl (C=O) groups is 3. The minimum atomic E-state index is -0.587. The van der Waals surface area contributed by atoms with Crippen molar-refractivity contribution in [2.75, 3.05) is 39.2 Å². The molecular weight excluding hydrogens is 477 g/mol. The Labute approximate surface area is 217 Å². The number of ether oxygens (including phenoxy) is 2. The third-order valence-electron chi connectivity index (χ3n) is 6.57. The van der Waals surface area contributed by atoms with Gasteiger partial charge in [-0.3, -0.25) is 14.4 Å². The predicted molar refractivity (Wildman–Crippen MR) is 139 cm³/mol. The highest BCUT2D eigenvalue weighted by Crippen LogP contribution is 2.27. The first kappa shape index (κ1) is 28.1. The van der Waals surface area contributed by atoms with Gasteiger partial charge in [-0.15, -0.1) is 0 Å². The molecule has 2 aromatic rings. The van der Waals surface area contributed by atoms with Gasteiger partial charge in [-0.1, -0.05) is 26.0 Å². The summed E-state index contributed by atoms with van der Waals surface area (Å²) in [5, 5.41) is 2.82. The quantitative estimate of drug-likeness (QED) is 0.647. The molecule has 8 nitrogen and oxygen atoms in total. The molecule has 0 unspecified atom stereocenters. The summed E-state index contributed by atoms with van der Waals surface area (Å²) in [6.07, 6.45) is 0.699. The van der Waals surface area contributed by atoms with E-state index in [-0.39, 0.29) is 49.1 Å². The van der Waals surface area contributed by atoms with Crippen LogP contribution < -0.4 is 10.1 Å². The Hall–Kier alpha value is -3.46. The number of benzene rings is 2. The summed E-state index contributed by atoms with van der Waals surface area (Å²) < 4.78 is 26.3. The van der Waals surface area contributed by atoms with E-state index in [1.165, 1.54) is 12.1 Å². The van der Waals surface area contributed by atoms with E-state index in [0.717, 1.165) is 0 Å². The van der Waals surface area contributed by atoms with Crippen LogP contribution in [0.4, 0.5) is 10.1 Å². The van der Waals surface area contributed by atoms with Crippen LogP contribution in [-0.2, 0) is 9.53 Å². The second-order valence-corrected chi connectivity index (χ2v) is 9.54. The van der Waals surface area contributed by atoms with Crippen LogP contribution in [0.3, 0.4) is 0 Å². The van der Waals surface area contributed by atoms with Gasteiger partial charge >= 0.3 is 0 Å². The molecule has 1 aliphatic rings. The average molecular weight is 514 g/mol. The second-order valence-electron chi connectivity index (χ2n) is 9.54. The fraction of sp³-hybridized carbons (Fsp3) is 0.464. The molecule has 3 amide bonds. The topological polar surface area (TPSA) is 88.2 Å². The lowest BCUT2D eigenvalue weighted by atomic mass is 10.0. The summed E-state index contributed by atoms with van der Waals surface area (Å²) in [5.41, 5.74) is 0.775. The second kappa shape index (κ2) is 12.7. The molecule has 0 spiro atoms. The number of amides is 3. The normalized spacial score (nSPS) is 20.8. The predicted octanol–water partition coefficient (Wildman–Crippen LogP) is 4.21. The summed E-state index contributed by atoms with van der Waals surface area (Å²) in [6.45, 7) is 6.30. The Bertz CT molecular complexity index is 1120. The molecule has 0 saturated heterocycles. The van der Waals surface area contributed by atoms with Gasteiger partial charge in [0.05, 0.1) is 23.3 Å². The van der Waals surface area contributed by atoms with E-state index in [2.05, 4.69) is 5.32 Å². The number of carbonyl (C=O) groups excluding carboxylic acids is 3. The van der Waals surface area contributed by atoms with E-state index in [4.69, 9.17) is 9.47 Å². The van der Waals surface area contributed by atoms with Crippen molar-refractivity contribution in [2.24, 2.45) is 5.92 Å². The van der Waals surface area contributed by atoms with E-state index in [1.54, 1.807) is 54.3 Å². The third-order valence-corrected chi connectivity index (χ3v) is 6.57. The number of nitrogens with one attached hydrogen (secondary N) is 1. The van der Waals surface area contributed by atoms with Gasteiger partial charge in [-0.2, -0.15) is 0 Å². The highest BCUT2D eigenvalue weighted by atomic mass is 19.1. The zero-order chi connectivity index (χ0) is 27.1. The molecule has 3 atom stereocenters. The summed E-state index contributed by atoms with van der Waals surface area (Å²) in [5.74, 6) is -1.28. The van der Waals surface area contributed by atoms with Crippen molar-refractivity contribution in [3.63, 3.8) is 0 Å². The number of rotatable bonds is 5. The summed E-state index contributed by atoms with van der Waals surface area (Å²) in [4.78, 5) is 42.1. The van der Waals surface area contributed by atoms with E-state index >= 15 is 0 Å². The largest absolute Gasteiger partial charge is 0.491 e. The molecule has 2 aromatic carbocycles. The zero-order valence-electron chi connectivity index (χ0n) is 22.1. The SMILES string of the molecule is CCCC(=O)Nc1ccc2c(c1)C(=O)N(C)C[C@H](OC)[C@H](C)CN(C(=O)c1ccccc1F)[C@H](C)CO2. The summed E-state index contributed by atoms with van der Waals surface area (Å²) >= 11 is 0. The number of halogens is 1. The van der Waals surface area contributed by atoms with Crippen LogP contribution in [0.25, 0.3) is 0 Å². The number of hydrogen-bond acceptors (Lipinski definition) is 5. The van der Waals surface area contributed by atoms with E-state index in [9.17, 15) is 18.8 Å². The highest BCUT2D eigenvalue weighted by Gasteiger charge is 2.31. The fourth-order valence-electron chi connectivity index (χ4n) is 4.38. The Kier molecular flexibility index (Phi) is 9.63. The number of fused-ring (bicyclic) bond motifs is 1. The lowest BCUT2D eigenvalue weighted by Crippen LogP contribution is -2.48. The molecule has 3 rings (SSSR count). The van der Waals surface area contributed by atoms with Crippen LogP contribution in [0.5, 0.6) is 5.75 Å². The first-order chi connectivity index (χ1) is 17.7. The number of nitrogens with zero attached hydrogens (tertiary/aromatic N) is 2. The molecule has 1 N–H and O–H groups in total. The van der Waals surface area contributed by atoms with Crippen LogP contribution in [0.15, 0.2) is 42.5 Å². The molecule has 0 aromatic heterocycles. The van der Waals surface area contributed by atoms with Crippen molar-refractivity contribution >= 4 is 23.4 Å². The Morgan fingerprint density at radius 1 is 1.16 bits per heavy atom. The Morgan fingerprint density at radius 2 is 1.89 bits per heavy atom. The maximum absolute atomic E-state index is 14.5. The molecule has 37 heavy (non-hydrogen) atoms. The molecule has 9 heteroatoms. The molecular formula is C28H36FN3O5. The van der Waals surface area contributed by atoms with Gasteiger partial charge in [0.15, 0.2) is 0 Å². The van der Waals surface area contributed by atoms with Crippen molar-refractivity contribution in [2.45, 2.75) is 45.8 Å². The monoisotopic (exact) mass is 513 g/mol. The molecule has 0 aliphatic carbocycles. The minimum Gasteiger partial charge on any atom is -0.491 e. The van der Waals surface area contributed by atoms with Crippen LogP contribution >= 0.6 is 0 Å². The van der Waals surface area contributed by atoms with E-state index in [0.29, 0.717) is 29.8 Å². The third kappa shape index (κ3) is 6.85.